The molecule has 1 aromatic rings. The van der Waals surface area contributed by atoms with Crippen LogP contribution >= 0.6 is 12.6 Å². The van der Waals surface area contributed by atoms with Gasteiger partial charge in [0.25, 0.3) is 5.91 Å². The van der Waals surface area contributed by atoms with Crippen molar-refractivity contribution in [2.45, 2.75) is 37.6 Å². The highest BCUT2D eigenvalue weighted by atomic mass is 32.1. The van der Waals surface area contributed by atoms with Crippen LogP contribution in [0.3, 0.4) is 0 Å². The van der Waals surface area contributed by atoms with Gasteiger partial charge in [-0.05, 0) is 37.8 Å². The predicted octanol–water partition coefficient (Wildman–Crippen LogP) is 1.57. The summed E-state index contributed by atoms with van der Waals surface area (Å²) in [5.41, 5.74) is 2.04. The first-order valence-electron chi connectivity index (χ1n) is 7.39. The maximum absolute atomic E-state index is 12.7. The van der Waals surface area contributed by atoms with Crippen molar-refractivity contribution in [2.24, 2.45) is 5.41 Å². The van der Waals surface area contributed by atoms with Gasteiger partial charge >= 0.3 is 0 Å². The van der Waals surface area contributed by atoms with Gasteiger partial charge in [-0.25, -0.2) is 0 Å². The van der Waals surface area contributed by atoms with E-state index in [4.69, 9.17) is 0 Å². The lowest BCUT2D eigenvalue weighted by atomic mass is 9.90. The molecule has 22 heavy (non-hydrogen) atoms. The molecular formula is C16H16N2O3S. The fourth-order valence-electron chi connectivity index (χ4n) is 3.49. The van der Waals surface area contributed by atoms with Crippen LogP contribution in [-0.4, -0.2) is 28.7 Å². The lowest BCUT2D eigenvalue weighted by Gasteiger charge is -2.35. The zero-order valence-electron chi connectivity index (χ0n) is 12.1. The maximum Gasteiger partial charge on any atom is 0.256 e. The van der Waals surface area contributed by atoms with Gasteiger partial charge in [-0.1, -0.05) is 17.7 Å². The van der Waals surface area contributed by atoms with Crippen molar-refractivity contribution in [3.63, 3.8) is 0 Å². The van der Waals surface area contributed by atoms with E-state index in [2.05, 4.69) is 17.9 Å². The number of carbonyl (C=O) groups excluding carboxylic acids is 3. The van der Waals surface area contributed by atoms with Crippen molar-refractivity contribution in [1.82, 2.24) is 10.2 Å². The number of amides is 3. The zero-order chi connectivity index (χ0) is 15.6. The molecule has 3 amide bonds. The van der Waals surface area contributed by atoms with E-state index in [-0.39, 0.29) is 17.7 Å². The topological polar surface area (TPSA) is 66.5 Å². The van der Waals surface area contributed by atoms with Crippen molar-refractivity contribution in [3.05, 3.63) is 34.9 Å². The number of piperidine rings is 1. The average Bonchev–Trinajstić information content (AvgIpc) is 3.20. The summed E-state index contributed by atoms with van der Waals surface area (Å²) in [6.07, 6.45) is 1.98. The van der Waals surface area contributed by atoms with Crippen LogP contribution < -0.4 is 5.32 Å². The SMILES string of the molecule is Cc1ccc2c(c1)C(S)N(C1CC3(CC3)C(=O)NC1=O)C2=O. The predicted molar refractivity (Wildman–Crippen MR) is 82.3 cm³/mol. The van der Waals surface area contributed by atoms with Gasteiger partial charge in [-0.2, -0.15) is 0 Å². The summed E-state index contributed by atoms with van der Waals surface area (Å²) in [7, 11) is 0. The Morgan fingerprint density at radius 1 is 1.27 bits per heavy atom. The van der Waals surface area contributed by atoms with Crippen LogP contribution in [0.1, 0.15) is 46.1 Å². The van der Waals surface area contributed by atoms with E-state index in [1.807, 2.05) is 19.1 Å². The third kappa shape index (κ3) is 1.76. The summed E-state index contributed by atoms with van der Waals surface area (Å²) in [6, 6.07) is 4.98. The lowest BCUT2D eigenvalue weighted by molar-refractivity contribution is -0.141. The van der Waals surface area contributed by atoms with Crippen molar-refractivity contribution in [1.29, 1.82) is 0 Å². The molecule has 2 atom stereocenters. The number of thiol groups is 1. The van der Waals surface area contributed by atoms with E-state index >= 15 is 0 Å². The van der Waals surface area contributed by atoms with E-state index in [1.165, 1.54) is 4.90 Å². The summed E-state index contributed by atoms with van der Waals surface area (Å²) in [5.74, 6) is -0.760. The monoisotopic (exact) mass is 316 g/mol. The highest BCUT2D eigenvalue weighted by Crippen LogP contribution is 2.53. The Bertz CT molecular complexity index is 726. The molecule has 114 valence electrons. The van der Waals surface area contributed by atoms with Gasteiger partial charge in [-0.15, -0.1) is 12.6 Å². The molecule has 2 aliphatic heterocycles. The molecule has 3 aliphatic rings. The highest BCUT2D eigenvalue weighted by molar-refractivity contribution is 7.80. The second kappa shape index (κ2) is 4.35. The van der Waals surface area contributed by atoms with Gasteiger partial charge in [0.15, 0.2) is 0 Å². The largest absolute Gasteiger partial charge is 0.311 e. The van der Waals surface area contributed by atoms with Gasteiger partial charge in [0.2, 0.25) is 11.8 Å². The summed E-state index contributed by atoms with van der Waals surface area (Å²) >= 11 is 4.56. The Morgan fingerprint density at radius 3 is 2.68 bits per heavy atom. The molecule has 1 N–H and O–H groups in total. The number of carbonyl (C=O) groups is 3. The smallest absolute Gasteiger partial charge is 0.256 e. The lowest BCUT2D eigenvalue weighted by Crippen LogP contribution is -2.57. The summed E-state index contributed by atoms with van der Waals surface area (Å²) in [4.78, 5) is 38.4. The summed E-state index contributed by atoms with van der Waals surface area (Å²) in [5, 5.41) is 1.99. The molecule has 1 saturated heterocycles. The molecule has 0 bridgehead atoms. The first-order chi connectivity index (χ1) is 10.4. The van der Waals surface area contributed by atoms with Crippen LogP contribution in [0.4, 0.5) is 0 Å². The first kappa shape index (κ1) is 13.8. The molecule has 2 heterocycles. The van der Waals surface area contributed by atoms with Crippen LogP contribution in [0, 0.1) is 12.3 Å². The molecule has 2 unspecified atom stereocenters. The van der Waals surface area contributed by atoms with Crippen molar-refractivity contribution >= 4 is 30.4 Å². The van der Waals surface area contributed by atoms with Gasteiger partial charge in [0.05, 0.1) is 5.41 Å². The molecule has 4 rings (SSSR count). The molecule has 1 aromatic carbocycles. The zero-order valence-corrected chi connectivity index (χ0v) is 13.0. The van der Waals surface area contributed by atoms with Gasteiger partial charge in [0.1, 0.15) is 11.4 Å². The number of fused-ring (bicyclic) bond motifs is 1. The van der Waals surface area contributed by atoms with Crippen molar-refractivity contribution in [2.75, 3.05) is 0 Å². The third-order valence-electron chi connectivity index (χ3n) is 5.01. The van der Waals surface area contributed by atoms with E-state index in [0.29, 0.717) is 12.0 Å². The second-order valence-corrected chi connectivity index (χ2v) is 6.98. The summed E-state index contributed by atoms with van der Waals surface area (Å²) < 4.78 is 0. The van der Waals surface area contributed by atoms with Crippen LogP contribution in [-0.2, 0) is 9.59 Å². The number of hydrogen-bond donors (Lipinski definition) is 2. The van der Waals surface area contributed by atoms with Gasteiger partial charge in [-0.3, -0.25) is 19.7 Å². The number of imide groups is 1. The second-order valence-electron chi connectivity index (χ2n) is 6.50. The molecule has 2 fully saturated rings. The molecule has 6 heteroatoms. The number of hydrogen-bond acceptors (Lipinski definition) is 4. The fraction of sp³-hybridized carbons (Fsp3) is 0.438. The fourth-order valence-corrected chi connectivity index (χ4v) is 3.97. The Labute approximate surface area is 133 Å². The van der Waals surface area contributed by atoms with Crippen LogP contribution in [0.2, 0.25) is 0 Å². The molecule has 5 nitrogen and oxygen atoms in total. The Kier molecular flexibility index (Phi) is 2.73. The number of nitrogens with zero attached hydrogens (tertiary/aromatic N) is 1. The molecule has 0 radical (unpaired) electrons. The van der Waals surface area contributed by atoms with E-state index in [9.17, 15) is 14.4 Å². The third-order valence-corrected chi connectivity index (χ3v) is 5.54. The average molecular weight is 316 g/mol. The van der Waals surface area contributed by atoms with Gasteiger partial charge in [0, 0.05) is 5.56 Å². The molecule has 1 spiro atoms. The minimum atomic E-state index is -0.622. The Hall–Kier alpha value is -1.82. The van der Waals surface area contributed by atoms with E-state index < -0.39 is 16.8 Å². The maximum atomic E-state index is 12.7. The number of nitrogens with one attached hydrogen (secondary N) is 1. The highest BCUT2D eigenvalue weighted by Gasteiger charge is 2.58. The van der Waals surface area contributed by atoms with Crippen LogP contribution in [0.15, 0.2) is 18.2 Å². The first-order valence-corrected chi connectivity index (χ1v) is 7.91. The van der Waals surface area contributed by atoms with Crippen molar-refractivity contribution < 1.29 is 14.4 Å². The Balaban J connectivity index is 1.70. The number of benzene rings is 1. The minimum Gasteiger partial charge on any atom is -0.311 e. The van der Waals surface area contributed by atoms with E-state index in [0.717, 1.165) is 24.0 Å². The standard InChI is InChI=1S/C16H16N2O3S/c1-8-2-3-9-10(6-8)14(22)18(13(9)20)11-7-16(4-5-16)15(21)17-12(11)19/h2-3,6,11,14,22H,4-5,7H2,1H3,(H,17,19,21). The van der Waals surface area contributed by atoms with Crippen LogP contribution in [0.5, 0.6) is 0 Å². The number of aryl methyl sites for hydroxylation is 1. The quantitative estimate of drug-likeness (QED) is 0.610. The van der Waals surface area contributed by atoms with Crippen molar-refractivity contribution in [3.8, 4) is 0 Å². The summed E-state index contributed by atoms with van der Waals surface area (Å²) in [6.45, 7) is 1.96. The minimum absolute atomic E-state index is 0.180. The molecule has 1 saturated carbocycles. The molecule has 1 aliphatic carbocycles. The Morgan fingerprint density at radius 2 is 2.00 bits per heavy atom. The van der Waals surface area contributed by atoms with Gasteiger partial charge < -0.3 is 4.90 Å². The molecule has 0 aromatic heterocycles. The normalized spacial score (nSPS) is 28.8. The van der Waals surface area contributed by atoms with E-state index in [1.54, 1.807) is 6.07 Å². The van der Waals surface area contributed by atoms with Crippen LogP contribution in [0.25, 0.3) is 0 Å². The molecular weight excluding hydrogens is 300 g/mol. The number of rotatable bonds is 1.